The number of rotatable bonds is 9. The number of hydrogen-bond acceptors (Lipinski definition) is 10. The van der Waals surface area contributed by atoms with Gasteiger partial charge in [-0.1, -0.05) is 41.5 Å². The molecule has 15 heteroatoms. The number of carbonyl (C=O) groups excluding carboxylic acids is 1. The first-order valence-corrected chi connectivity index (χ1v) is 20.7. The van der Waals surface area contributed by atoms with Gasteiger partial charge in [0, 0.05) is 13.1 Å². The first-order chi connectivity index (χ1) is 17.9. The van der Waals surface area contributed by atoms with Crippen LogP contribution in [0, 0.1) is 11.3 Å². The molecule has 0 spiro atoms. The molecule has 0 saturated carbocycles. The molecule has 1 amide bonds. The summed E-state index contributed by atoms with van der Waals surface area (Å²) in [5, 5.41) is 12.5. The summed E-state index contributed by atoms with van der Waals surface area (Å²) < 4.78 is 51.2. The molecule has 0 bridgehead atoms. The molecule has 1 fully saturated rings. The topological polar surface area (TPSA) is 159 Å². The van der Waals surface area contributed by atoms with Crippen LogP contribution in [0.4, 0.5) is 5.82 Å². The van der Waals surface area contributed by atoms with Crippen LogP contribution in [0.3, 0.4) is 0 Å². The Kier molecular flexibility index (Phi) is 9.75. The lowest BCUT2D eigenvalue weighted by molar-refractivity contribution is -0.114. The maximum absolute atomic E-state index is 13.2. The fourth-order valence-electron chi connectivity index (χ4n) is 3.61. The van der Waals surface area contributed by atoms with Gasteiger partial charge in [-0.3, -0.25) is 9.36 Å². The molecule has 1 aliphatic rings. The van der Waals surface area contributed by atoms with E-state index in [1.54, 1.807) is 0 Å². The summed E-state index contributed by atoms with van der Waals surface area (Å²) in [6.45, 7) is 21.1. The third-order valence-electron chi connectivity index (χ3n) is 7.97. The van der Waals surface area contributed by atoms with Crippen LogP contribution in [0.2, 0.25) is 36.3 Å². The highest BCUT2D eigenvalue weighted by atomic mass is 32.2. The SMILES string of the molecule is CC(=O)Nc1ccn([C@@H]2O[C@H](CO[Si](C)(C)C(C)(C)C)[C@@](C#N)(OS(C)(=O)=O)[C@H]2O[Si](C)(C)C(C)(C)C)c(=O)n1. The summed E-state index contributed by atoms with van der Waals surface area (Å²) in [6.07, 6.45) is -1.65. The summed E-state index contributed by atoms with van der Waals surface area (Å²) in [6, 6.07) is 3.46. The summed E-state index contributed by atoms with van der Waals surface area (Å²) in [5.41, 5.74) is -2.97. The molecule has 12 nitrogen and oxygen atoms in total. The predicted molar refractivity (Wildman–Crippen MR) is 156 cm³/mol. The summed E-state index contributed by atoms with van der Waals surface area (Å²) in [7, 11) is -9.33. The minimum Gasteiger partial charge on any atom is -0.414 e. The molecular formula is C25H44N4O8SSi2. The van der Waals surface area contributed by atoms with E-state index in [1.165, 1.54) is 19.2 Å². The third-order valence-corrected chi connectivity index (χ3v) is 17.5. The predicted octanol–water partition coefficient (Wildman–Crippen LogP) is 3.75. The van der Waals surface area contributed by atoms with Gasteiger partial charge in [0.05, 0.1) is 12.9 Å². The van der Waals surface area contributed by atoms with E-state index in [1.807, 2.05) is 67.7 Å². The van der Waals surface area contributed by atoms with Crippen molar-refractivity contribution in [2.75, 3.05) is 18.2 Å². The number of carbonyl (C=O) groups is 1. The van der Waals surface area contributed by atoms with E-state index in [0.29, 0.717) is 0 Å². The second-order valence-corrected chi connectivity index (χ2v) is 24.4. The van der Waals surface area contributed by atoms with Gasteiger partial charge < -0.3 is 18.9 Å². The first kappa shape index (κ1) is 34.3. The molecule has 0 unspecified atom stereocenters. The van der Waals surface area contributed by atoms with Gasteiger partial charge >= 0.3 is 5.69 Å². The third kappa shape index (κ3) is 7.47. The van der Waals surface area contributed by atoms with Crippen LogP contribution in [0.15, 0.2) is 17.1 Å². The van der Waals surface area contributed by atoms with Crippen molar-refractivity contribution in [2.24, 2.45) is 0 Å². The Morgan fingerprint density at radius 2 is 1.73 bits per heavy atom. The molecule has 1 saturated heterocycles. The Labute approximate surface area is 239 Å². The molecular weight excluding hydrogens is 573 g/mol. The van der Waals surface area contributed by atoms with Crippen LogP contribution < -0.4 is 11.0 Å². The molecule has 0 aliphatic carbocycles. The normalized spacial score (nSPS) is 24.5. The number of hydrogen-bond donors (Lipinski definition) is 1. The lowest BCUT2D eigenvalue weighted by Gasteiger charge is -2.42. The van der Waals surface area contributed by atoms with Crippen molar-refractivity contribution in [1.82, 2.24) is 9.55 Å². The molecule has 0 aromatic carbocycles. The maximum Gasteiger partial charge on any atom is 0.351 e. The molecule has 2 rings (SSSR count). The van der Waals surface area contributed by atoms with Gasteiger partial charge in [0.25, 0.3) is 10.1 Å². The van der Waals surface area contributed by atoms with E-state index in [9.17, 15) is 23.3 Å². The minimum atomic E-state index is -4.21. The largest absolute Gasteiger partial charge is 0.414 e. The summed E-state index contributed by atoms with van der Waals surface area (Å²) in [5.74, 6) is -0.376. The minimum absolute atomic E-state index is 0.0327. The van der Waals surface area contributed by atoms with Crippen LogP contribution in [0.1, 0.15) is 54.7 Å². The molecule has 1 aliphatic heterocycles. The molecule has 1 aromatic rings. The second kappa shape index (κ2) is 11.4. The fraction of sp³-hybridized carbons (Fsp3) is 0.760. The number of ether oxygens (including phenoxy) is 1. The Morgan fingerprint density at radius 3 is 2.15 bits per heavy atom. The maximum atomic E-state index is 13.2. The van der Waals surface area contributed by atoms with Crippen molar-refractivity contribution in [2.45, 2.75) is 109 Å². The van der Waals surface area contributed by atoms with Crippen molar-refractivity contribution in [3.8, 4) is 6.07 Å². The smallest absolute Gasteiger partial charge is 0.351 e. The average Bonchev–Trinajstić information content (AvgIpc) is 3.01. The highest BCUT2D eigenvalue weighted by Crippen LogP contribution is 2.48. The first-order valence-electron chi connectivity index (χ1n) is 13.0. The summed E-state index contributed by atoms with van der Waals surface area (Å²) in [4.78, 5) is 28.6. The Hall–Kier alpha value is -1.94. The zero-order valence-electron chi connectivity index (χ0n) is 25.6. The lowest BCUT2D eigenvalue weighted by Crippen LogP contribution is -2.58. The molecule has 40 heavy (non-hydrogen) atoms. The van der Waals surface area contributed by atoms with Crippen LogP contribution >= 0.6 is 0 Å². The molecule has 2 heterocycles. The van der Waals surface area contributed by atoms with E-state index in [2.05, 4.69) is 16.4 Å². The molecule has 1 N–H and O–H groups in total. The monoisotopic (exact) mass is 616 g/mol. The number of aromatic nitrogens is 2. The Morgan fingerprint density at radius 1 is 1.18 bits per heavy atom. The number of anilines is 1. The van der Waals surface area contributed by atoms with E-state index >= 15 is 0 Å². The van der Waals surface area contributed by atoms with Crippen LogP contribution in [-0.2, 0) is 32.7 Å². The van der Waals surface area contributed by atoms with Crippen molar-refractivity contribution in [1.29, 1.82) is 5.26 Å². The van der Waals surface area contributed by atoms with Crippen LogP contribution in [0.5, 0.6) is 0 Å². The van der Waals surface area contributed by atoms with Crippen molar-refractivity contribution in [3.05, 3.63) is 22.7 Å². The van der Waals surface area contributed by atoms with Gasteiger partial charge in [-0.15, -0.1) is 0 Å². The number of nitrogens with zero attached hydrogens (tertiary/aromatic N) is 3. The van der Waals surface area contributed by atoms with E-state index < -0.39 is 62.4 Å². The lowest BCUT2D eigenvalue weighted by atomic mass is 9.94. The van der Waals surface area contributed by atoms with E-state index in [4.69, 9.17) is 17.8 Å². The second-order valence-electron chi connectivity index (χ2n) is 13.3. The van der Waals surface area contributed by atoms with Crippen LogP contribution in [-0.4, -0.2) is 71.2 Å². The standard InChI is InChI=1S/C25H44N4O8SSi2/c1-17(30)27-19-13-14-29(22(31)28-19)21-20(36-40(11,12)24(5,6)7)25(16-26,37-38(8,32)33)18(35-21)15-34-39(9,10)23(2,3)4/h13-14,18,20-21H,15H2,1-12H3,(H,27,28,30,31)/t18-,20+,21-,25-/m1/s1. The van der Waals surface area contributed by atoms with E-state index in [0.717, 1.165) is 10.8 Å². The zero-order chi connectivity index (χ0) is 31.1. The van der Waals surface area contributed by atoms with E-state index in [-0.39, 0.29) is 22.5 Å². The molecule has 4 atom stereocenters. The summed E-state index contributed by atoms with van der Waals surface area (Å²) >= 11 is 0. The van der Waals surface area contributed by atoms with Gasteiger partial charge in [0.15, 0.2) is 22.9 Å². The highest BCUT2D eigenvalue weighted by molar-refractivity contribution is 7.86. The van der Waals surface area contributed by atoms with Gasteiger partial charge in [0.1, 0.15) is 24.1 Å². The number of nitrogens with one attached hydrogen (secondary N) is 1. The van der Waals surface area contributed by atoms with Crippen molar-refractivity contribution >= 4 is 38.5 Å². The molecule has 1 aromatic heterocycles. The molecule has 226 valence electrons. The fourth-order valence-corrected chi connectivity index (χ4v) is 6.63. The Bertz CT molecular complexity index is 1310. The van der Waals surface area contributed by atoms with Gasteiger partial charge in [-0.25, -0.2) is 8.98 Å². The molecule has 0 radical (unpaired) electrons. The Balaban J connectivity index is 2.77. The van der Waals surface area contributed by atoms with Gasteiger partial charge in [0.2, 0.25) is 11.5 Å². The number of amides is 1. The quantitative estimate of drug-likeness (QED) is 0.320. The zero-order valence-corrected chi connectivity index (χ0v) is 28.4. The van der Waals surface area contributed by atoms with Crippen LogP contribution in [0.25, 0.3) is 0 Å². The average molecular weight is 617 g/mol. The van der Waals surface area contributed by atoms with Gasteiger partial charge in [-0.05, 0) is 42.3 Å². The van der Waals surface area contributed by atoms with Crippen molar-refractivity contribution < 1.29 is 31.0 Å². The van der Waals surface area contributed by atoms with Gasteiger partial charge in [-0.2, -0.15) is 18.7 Å². The highest BCUT2D eigenvalue weighted by Gasteiger charge is 2.64. The number of nitriles is 1. The van der Waals surface area contributed by atoms with Crippen molar-refractivity contribution in [3.63, 3.8) is 0 Å².